The van der Waals surface area contributed by atoms with E-state index in [4.69, 9.17) is 34.5 Å². The molecule has 0 spiro atoms. The Balaban J connectivity index is 0.000000191. The molecule has 0 saturated heterocycles. The second kappa shape index (κ2) is 18.2. The van der Waals surface area contributed by atoms with Crippen LogP contribution in [0.5, 0.6) is 0 Å². The van der Waals surface area contributed by atoms with Crippen LogP contribution in [0.3, 0.4) is 0 Å². The molecule has 0 unspecified atom stereocenters. The largest absolute Gasteiger partial charge is 0.324 e. The van der Waals surface area contributed by atoms with Gasteiger partial charge in [-0.05, 0) is 30.5 Å². The van der Waals surface area contributed by atoms with Crippen molar-refractivity contribution in [2.45, 2.75) is 82.4 Å². The van der Waals surface area contributed by atoms with E-state index in [1.807, 2.05) is 97.1 Å². The maximum Gasteiger partial charge on any atom is 0.294 e. The summed E-state index contributed by atoms with van der Waals surface area (Å²) in [5.74, 6) is 2.39. The number of aromatic nitrogens is 8. The first-order valence-corrected chi connectivity index (χ1v) is 23.0. The Morgan fingerprint density at radius 1 is 0.419 bits per heavy atom. The second-order valence-electron chi connectivity index (χ2n) is 15.8. The predicted octanol–water partition coefficient (Wildman–Crippen LogP) is 12.3. The summed E-state index contributed by atoms with van der Waals surface area (Å²) in [6.07, 6.45) is 14.1. The van der Waals surface area contributed by atoms with Gasteiger partial charge in [-0.2, -0.15) is 8.42 Å². The molecule has 0 saturated carbocycles. The fraction of sp³-hybridized carbons (Fsp3) is 0.240. The van der Waals surface area contributed by atoms with Gasteiger partial charge in [0.25, 0.3) is 10.1 Å². The lowest BCUT2D eigenvalue weighted by Crippen LogP contribution is -1.98. The minimum atomic E-state index is -4.06. The number of aromatic amines is 2. The zero-order chi connectivity index (χ0) is 42.5. The van der Waals surface area contributed by atoms with Crippen LogP contribution in [0.1, 0.15) is 76.7 Å². The Bertz CT molecular complexity index is 2860. The Morgan fingerprint density at radius 3 is 1.08 bits per heavy atom. The highest BCUT2D eigenvalue weighted by Gasteiger charge is 2.22. The summed E-state index contributed by atoms with van der Waals surface area (Å²) in [5, 5.41) is 3.82. The molecule has 0 amide bonds. The zero-order valence-corrected chi connectivity index (χ0v) is 35.5. The lowest BCUT2D eigenvalue weighted by atomic mass is 10.0. The standard InChI is InChI=1S/C32H18N8.C18H30O3S/c1-2-10-18-17(9-1)25-33-26(18)38-28-21-13-5-6-14-22(21)30(35-28)40-32-24-16-8-7-15-23(24)31(36-32)39-29-20-12-4-3-11-19(20)27(34-29)37-25;1-2-3-4-5-6-7-8-9-10-11-12-17-13-15-18(16-14-17)22(19,20)21/h1-16H,(H2,33,34,35,36,37,38,39,40);13-16H,2-12H2,1H3,(H,19,20,21). The van der Waals surface area contributed by atoms with E-state index in [1.54, 1.807) is 12.1 Å². The number of H-pyrrole nitrogens is 2. The van der Waals surface area contributed by atoms with Crippen LogP contribution < -0.4 is 0 Å². The number of unbranched alkanes of at least 4 members (excludes halogenated alkanes) is 9. The number of hydrogen-bond acceptors (Lipinski definition) is 8. The average molecular weight is 841 g/mol. The van der Waals surface area contributed by atoms with Gasteiger partial charge in [0.15, 0.2) is 23.3 Å². The third-order valence-corrected chi connectivity index (χ3v) is 12.4. The number of rotatable bonds is 12. The highest BCUT2D eigenvalue weighted by atomic mass is 32.2. The molecule has 2 aliphatic rings. The highest BCUT2D eigenvalue weighted by molar-refractivity contribution is 7.85. The molecule has 0 aliphatic carbocycles. The van der Waals surface area contributed by atoms with Gasteiger partial charge in [0.2, 0.25) is 0 Å². The molecule has 3 N–H and O–H groups in total. The van der Waals surface area contributed by atoms with Crippen molar-refractivity contribution in [3.05, 3.63) is 127 Å². The molecule has 62 heavy (non-hydrogen) atoms. The molecule has 5 aromatic carbocycles. The molecule has 0 fully saturated rings. The molecule has 2 aliphatic heterocycles. The minimum absolute atomic E-state index is 0.0284. The van der Waals surface area contributed by atoms with E-state index in [1.165, 1.54) is 69.9 Å². The molecular weight excluding hydrogens is 793 g/mol. The third kappa shape index (κ3) is 8.75. The first-order chi connectivity index (χ1) is 30.3. The number of nitrogens with zero attached hydrogens (tertiary/aromatic N) is 6. The smallest absolute Gasteiger partial charge is 0.294 e. The van der Waals surface area contributed by atoms with Crippen LogP contribution in [0.25, 0.3) is 89.7 Å². The zero-order valence-electron chi connectivity index (χ0n) is 34.7. The number of benzene rings is 5. The van der Waals surface area contributed by atoms with Crippen LogP contribution in [0, 0.1) is 0 Å². The maximum absolute atomic E-state index is 10.9. The van der Waals surface area contributed by atoms with E-state index in [2.05, 4.69) is 16.9 Å². The topological polar surface area (TPSA) is 163 Å². The van der Waals surface area contributed by atoms with Crippen molar-refractivity contribution in [1.82, 2.24) is 39.9 Å². The Labute approximate surface area is 360 Å². The summed E-state index contributed by atoms with van der Waals surface area (Å²) in [6.45, 7) is 2.25. The number of hydrogen-bond donors (Lipinski definition) is 3. The van der Waals surface area contributed by atoms with Crippen molar-refractivity contribution < 1.29 is 13.0 Å². The van der Waals surface area contributed by atoms with Gasteiger partial charge in [-0.15, -0.1) is 0 Å². The minimum Gasteiger partial charge on any atom is -0.324 e. The number of nitrogens with one attached hydrogen (secondary N) is 2. The van der Waals surface area contributed by atoms with Gasteiger partial charge in [-0.25, -0.2) is 29.9 Å². The third-order valence-electron chi connectivity index (χ3n) is 11.5. The van der Waals surface area contributed by atoms with Crippen LogP contribution in [0.15, 0.2) is 126 Å². The molecule has 12 heteroatoms. The molecule has 0 radical (unpaired) electrons. The summed E-state index contributed by atoms with van der Waals surface area (Å²) >= 11 is 0. The van der Waals surface area contributed by atoms with Crippen LogP contribution in [0.4, 0.5) is 0 Å². The van der Waals surface area contributed by atoms with Crippen LogP contribution in [-0.4, -0.2) is 52.8 Å². The number of fused-ring (bicyclic) bond motifs is 20. The normalized spacial score (nSPS) is 11.9. The molecule has 8 bridgehead atoms. The average Bonchev–Trinajstić information content (AvgIpc) is 4.03. The first kappa shape index (κ1) is 40.8. The molecule has 5 heterocycles. The van der Waals surface area contributed by atoms with E-state index < -0.39 is 10.1 Å². The van der Waals surface area contributed by atoms with Crippen molar-refractivity contribution in [3.8, 4) is 45.6 Å². The van der Waals surface area contributed by atoms with Gasteiger partial charge >= 0.3 is 0 Å². The van der Waals surface area contributed by atoms with E-state index in [0.29, 0.717) is 45.9 Å². The van der Waals surface area contributed by atoms with E-state index in [9.17, 15) is 8.42 Å². The number of aryl methyl sites for hydroxylation is 1. The molecule has 3 aromatic heterocycles. The molecule has 312 valence electrons. The molecule has 8 aromatic rings. The van der Waals surface area contributed by atoms with Gasteiger partial charge in [0.05, 0.1) is 4.90 Å². The molecular formula is C50H48N8O3S. The monoisotopic (exact) mass is 840 g/mol. The first-order valence-electron chi connectivity index (χ1n) is 21.6. The lowest BCUT2D eigenvalue weighted by molar-refractivity contribution is 0.483. The van der Waals surface area contributed by atoms with Gasteiger partial charge in [0, 0.05) is 43.8 Å². The van der Waals surface area contributed by atoms with Crippen molar-refractivity contribution in [2.24, 2.45) is 0 Å². The fourth-order valence-electron chi connectivity index (χ4n) is 8.24. The van der Waals surface area contributed by atoms with Crippen LogP contribution in [-0.2, 0) is 16.5 Å². The van der Waals surface area contributed by atoms with Crippen molar-refractivity contribution in [3.63, 3.8) is 0 Å². The molecule has 0 atom stereocenters. The molecule has 11 nitrogen and oxygen atoms in total. The summed E-state index contributed by atoms with van der Waals surface area (Å²) in [5.41, 5.74) is 7.58. The van der Waals surface area contributed by atoms with Crippen LogP contribution >= 0.6 is 0 Å². The van der Waals surface area contributed by atoms with E-state index in [0.717, 1.165) is 62.2 Å². The van der Waals surface area contributed by atoms with Gasteiger partial charge in [-0.1, -0.05) is 174 Å². The van der Waals surface area contributed by atoms with Gasteiger partial charge < -0.3 is 9.97 Å². The summed E-state index contributed by atoms with van der Waals surface area (Å²) in [7, 11) is -4.06. The van der Waals surface area contributed by atoms with E-state index >= 15 is 0 Å². The Kier molecular flexibility index (Phi) is 11.9. The SMILES string of the molecule is CCCCCCCCCCCCc1ccc(S(=O)(=O)O)cc1.c1ccc2c(c1)-c1nc-2nc2[nH]c(nc3nc(nc4[nH]c(n1)c1ccccc41)-c1ccccc1-3)c1ccccc21. The molecule has 10 rings (SSSR count). The van der Waals surface area contributed by atoms with Crippen LogP contribution in [0.2, 0.25) is 0 Å². The fourth-order valence-corrected chi connectivity index (χ4v) is 8.72. The van der Waals surface area contributed by atoms with Gasteiger partial charge in [0.1, 0.15) is 22.6 Å². The second-order valence-corrected chi connectivity index (χ2v) is 17.3. The Morgan fingerprint density at radius 2 is 0.742 bits per heavy atom. The predicted molar refractivity (Wildman–Crippen MR) is 248 cm³/mol. The van der Waals surface area contributed by atoms with Crippen molar-refractivity contribution >= 4 is 54.3 Å². The summed E-state index contributed by atoms with van der Waals surface area (Å²) in [4.78, 5) is 36.7. The maximum atomic E-state index is 10.9. The Hall–Kier alpha value is -6.63. The van der Waals surface area contributed by atoms with Gasteiger partial charge in [-0.3, -0.25) is 4.55 Å². The van der Waals surface area contributed by atoms with Crippen molar-refractivity contribution in [1.29, 1.82) is 0 Å². The summed E-state index contributed by atoms with van der Waals surface area (Å²) in [6, 6.07) is 38.8. The summed E-state index contributed by atoms with van der Waals surface area (Å²) < 4.78 is 30.8. The quantitative estimate of drug-likeness (QED) is 0.0802. The van der Waals surface area contributed by atoms with E-state index in [-0.39, 0.29) is 4.90 Å². The highest BCUT2D eigenvalue weighted by Crippen LogP contribution is 2.36. The van der Waals surface area contributed by atoms with Crippen molar-refractivity contribution in [2.75, 3.05) is 0 Å². The lowest BCUT2D eigenvalue weighted by Gasteiger charge is -2.04.